The van der Waals surface area contributed by atoms with E-state index in [4.69, 9.17) is 4.52 Å². The maximum Gasteiger partial charge on any atom is 0.258 e. The molecule has 0 aromatic carbocycles. The van der Waals surface area contributed by atoms with E-state index < -0.39 is 8.18 Å². The molecule has 0 amide bonds. The Labute approximate surface area is 106 Å². The van der Waals surface area contributed by atoms with Crippen LogP contribution in [0.1, 0.15) is 40.0 Å². The van der Waals surface area contributed by atoms with Gasteiger partial charge in [0.05, 0.1) is 6.61 Å². The highest BCUT2D eigenvalue weighted by molar-refractivity contribution is 14.1. The molecule has 0 saturated heterocycles. The van der Waals surface area contributed by atoms with Gasteiger partial charge < -0.3 is 4.52 Å². The lowest BCUT2D eigenvalue weighted by Gasteiger charge is -2.25. The summed E-state index contributed by atoms with van der Waals surface area (Å²) in [5.41, 5.74) is -0.315. The molecular weight excluding hydrogens is 328 g/mol. The fourth-order valence-electron chi connectivity index (χ4n) is 0.980. The normalized spacial score (nSPS) is 13.9. The van der Waals surface area contributed by atoms with Crippen LogP contribution in [-0.4, -0.2) is 15.9 Å². The lowest BCUT2D eigenvalue weighted by Crippen LogP contribution is -2.34. The van der Waals surface area contributed by atoms with Gasteiger partial charge in [0.2, 0.25) is 0 Å². The highest BCUT2D eigenvalue weighted by atomic mass is 127. The van der Waals surface area contributed by atoms with Crippen LogP contribution in [0.3, 0.4) is 0 Å². The van der Waals surface area contributed by atoms with Crippen LogP contribution in [0.25, 0.3) is 0 Å². The molecule has 0 spiro atoms. The summed E-state index contributed by atoms with van der Waals surface area (Å²) >= 11 is 1.77. The minimum Gasteiger partial charge on any atom is -0.320 e. The number of rotatable bonds is 8. The molecule has 0 aliphatic rings. The number of hydrogen-bond acceptors (Lipinski definition) is 3. The number of halogens is 1. The molecule has 0 aliphatic heterocycles. The average molecular weight is 347 g/mol. The number of hydrogen-bond donors (Lipinski definition) is 1. The van der Waals surface area contributed by atoms with Crippen LogP contribution in [0.4, 0.5) is 0 Å². The van der Waals surface area contributed by atoms with Crippen LogP contribution in [0.5, 0.6) is 0 Å². The highest BCUT2D eigenvalue weighted by Crippen LogP contribution is 2.25. The topological polar surface area (TPSA) is 55.4 Å². The molecule has 0 radical (unpaired) electrons. The number of carbonyl (C=O) groups is 1. The number of carbonyl (C=O) groups excluding carboxylic acids is 1. The minimum atomic E-state index is -2.17. The molecule has 0 rings (SSSR count). The fourth-order valence-corrected chi connectivity index (χ4v) is 2.39. The molecule has 0 aromatic rings. The van der Waals surface area contributed by atoms with Gasteiger partial charge in [0.15, 0.2) is 3.79 Å². The van der Waals surface area contributed by atoms with Crippen LogP contribution >= 0.6 is 30.8 Å². The summed E-state index contributed by atoms with van der Waals surface area (Å²) < 4.78 is 16.6. The van der Waals surface area contributed by atoms with Crippen molar-refractivity contribution in [2.75, 3.05) is 6.61 Å². The van der Waals surface area contributed by atoms with E-state index in [-0.39, 0.29) is 9.33 Å². The second-order valence-corrected chi connectivity index (χ2v) is 6.32. The van der Waals surface area contributed by atoms with E-state index in [1.165, 1.54) is 0 Å². The van der Waals surface area contributed by atoms with Crippen molar-refractivity contribution in [1.29, 1.82) is 0 Å². The molecule has 6 heteroatoms. The first-order valence-corrected chi connectivity index (χ1v) is 7.40. The van der Waals surface area contributed by atoms with Crippen LogP contribution in [0.15, 0.2) is 0 Å². The Bertz CT molecular complexity index is 233. The predicted molar refractivity (Wildman–Crippen MR) is 70.7 cm³/mol. The quantitative estimate of drug-likeness (QED) is 0.417. The van der Waals surface area contributed by atoms with E-state index in [2.05, 4.69) is 5.09 Å². The summed E-state index contributed by atoms with van der Waals surface area (Å²) in [6.45, 7) is 6.32. The molecule has 0 saturated carbocycles. The van der Waals surface area contributed by atoms with Crippen molar-refractivity contribution >= 4 is 34.6 Å². The van der Waals surface area contributed by atoms with Crippen molar-refractivity contribution in [2.24, 2.45) is 0 Å². The van der Waals surface area contributed by atoms with Gasteiger partial charge in [0.25, 0.3) is 8.18 Å². The van der Waals surface area contributed by atoms with Gasteiger partial charge in [-0.1, -0.05) is 6.92 Å². The SMILES string of the molecule is CCCO[PH](=O)NC(C)(C)CCC(=O)I. The third-order valence-corrected chi connectivity index (χ3v) is 3.71. The average Bonchev–Trinajstić information content (AvgIpc) is 2.11. The van der Waals surface area contributed by atoms with Gasteiger partial charge in [0.1, 0.15) is 0 Å². The summed E-state index contributed by atoms with van der Waals surface area (Å²) in [5, 5.41) is 2.91. The van der Waals surface area contributed by atoms with Crippen LogP contribution in [-0.2, 0) is 13.9 Å². The van der Waals surface area contributed by atoms with Crippen molar-refractivity contribution in [3.05, 3.63) is 0 Å². The Morgan fingerprint density at radius 1 is 1.53 bits per heavy atom. The molecule has 0 heterocycles. The maximum atomic E-state index is 11.4. The van der Waals surface area contributed by atoms with Crippen molar-refractivity contribution in [3.63, 3.8) is 0 Å². The largest absolute Gasteiger partial charge is 0.320 e. The van der Waals surface area contributed by atoms with Crippen LogP contribution in [0.2, 0.25) is 0 Å². The van der Waals surface area contributed by atoms with Crippen LogP contribution in [0, 0.1) is 0 Å². The Kier molecular flexibility index (Phi) is 8.05. The molecule has 90 valence electrons. The van der Waals surface area contributed by atoms with E-state index >= 15 is 0 Å². The van der Waals surface area contributed by atoms with E-state index in [0.717, 1.165) is 6.42 Å². The van der Waals surface area contributed by atoms with Crippen LogP contribution < -0.4 is 5.09 Å². The predicted octanol–water partition coefficient (Wildman–Crippen LogP) is 2.91. The summed E-state index contributed by atoms with van der Waals surface area (Å²) in [6.07, 6.45) is 2.01. The van der Waals surface area contributed by atoms with Crippen molar-refractivity contribution in [1.82, 2.24) is 5.09 Å². The van der Waals surface area contributed by atoms with Gasteiger partial charge in [-0.3, -0.25) is 9.36 Å². The first kappa shape index (κ1) is 15.6. The van der Waals surface area contributed by atoms with Gasteiger partial charge in [-0.05, 0) is 49.3 Å². The molecule has 1 N–H and O–H groups in total. The second kappa shape index (κ2) is 7.76. The van der Waals surface area contributed by atoms with E-state index in [1.807, 2.05) is 20.8 Å². The Morgan fingerprint density at radius 2 is 2.13 bits per heavy atom. The molecule has 1 atom stereocenters. The van der Waals surface area contributed by atoms with E-state index in [1.54, 1.807) is 22.6 Å². The summed E-state index contributed by atoms with van der Waals surface area (Å²) in [7, 11) is -2.17. The number of nitrogens with one attached hydrogen (secondary N) is 1. The zero-order valence-electron chi connectivity index (χ0n) is 9.43. The van der Waals surface area contributed by atoms with Gasteiger partial charge in [-0.15, -0.1) is 0 Å². The third-order valence-electron chi connectivity index (χ3n) is 1.82. The molecule has 0 aromatic heterocycles. The molecular formula is C9H19INO3P. The first-order chi connectivity index (χ1) is 6.87. The van der Waals surface area contributed by atoms with Crippen molar-refractivity contribution < 1.29 is 13.9 Å². The zero-order valence-corrected chi connectivity index (χ0v) is 12.6. The Hall–Kier alpha value is 0.550. The van der Waals surface area contributed by atoms with E-state index in [9.17, 15) is 9.36 Å². The molecule has 1 unspecified atom stereocenters. The smallest absolute Gasteiger partial charge is 0.258 e. The van der Waals surface area contributed by atoms with Gasteiger partial charge in [-0.25, -0.2) is 5.09 Å². The summed E-state index contributed by atoms with van der Waals surface area (Å²) in [4.78, 5) is 10.8. The first-order valence-electron chi connectivity index (χ1n) is 5.00. The third kappa shape index (κ3) is 9.48. The molecule has 4 nitrogen and oxygen atoms in total. The van der Waals surface area contributed by atoms with Gasteiger partial charge >= 0.3 is 0 Å². The molecule has 0 fully saturated rings. The van der Waals surface area contributed by atoms with Gasteiger partial charge in [-0.2, -0.15) is 0 Å². The Morgan fingerprint density at radius 3 is 2.60 bits per heavy atom. The van der Waals surface area contributed by atoms with Crippen molar-refractivity contribution in [2.45, 2.75) is 45.6 Å². The monoisotopic (exact) mass is 347 g/mol. The summed E-state index contributed by atoms with van der Waals surface area (Å²) in [6, 6.07) is 0. The minimum absolute atomic E-state index is 0.122. The molecule has 0 aliphatic carbocycles. The maximum absolute atomic E-state index is 11.4. The lowest BCUT2D eigenvalue weighted by atomic mass is 10.0. The second-order valence-electron chi connectivity index (χ2n) is 4.00. The fraction of sp³-hybridized carbons (Fsp3) is 0.889. The van der Waals surface area contributed by atoms with Gasteiger partial charge in [0, 0.05) is 12.0 Å². The van der Waals surface area contributed by atoms with Crippen molar-refractivity contribution in [3.8, 4) is 0 Å². The zero-order chi connectivity index (χ0) is 11.9. The standard InChI is InChI=1S/C9H19INO3P/c1-4-7-14-15(13)11-9(2,3)6-5-8(10)12/h15H,4-7H2,1-3H3,(H,11,13). The highest BCUT2D eigenvalue weighted by Gasteiger charge is 2.20. The molecule has 0 bridgehead atoms. The lowest BCUT2D eigenvalue weighted by molar-refractivity contribution is -0.109. The summed E-state index contributed by atoms with van der Waals surface area (Å²) in [5.74, 6) is 0. The Balaban J connectivity index is 3.90. The molecule has 15 heavy (non-hydrogen) atoms. The van der Waals surface area contributed by atoms with E-state index in [0.29, 0.717) is 19.4 Å².